The molecule has 9 heteroatoms. The topological polar surface area (TPSA) is 76.7 Å². The maximum atomic E-state index is 12.2. The summed E-state index contributed by atoms with van der Waals surface area (Å²) in [5, 5.41) is 7.34. The quantitative estimate of drug-likeness (QED) is 0.612. The normalized spacial score (nSPS) is 23.6. The first-order valence-electron chi connectivity index (χ1n) is 9.35. The first-order chi connectivity index (χ1) is 14.3. The minimum absolute atomic E-state index is 0.0844. The van der Waals surface area contributed by atoms with E-state index in [4.69, 9.17) is 44.3 Å². The Morgan fingerprint density at radius 3 is 1.90 bits per heavy atom. The number of nitrogens with one attached hydrogen (secondary N) is 2. The Balaban J connectivity index is 1.17. The van der Waals surface area contributed by atoms with Gasteiger partial charge in [0.2, 0.25) is 0 Å². The third kappa shape index (κ3) is 4.61. The van der Waals surface area contributed by atoms with Gasteiger partial charge in [-0.05, 0) is 49.6 Å². The van der Waals surface area contributed by atoms with Crippen LogP contribution in [0, 0.1) is 0 Å². The van der Waals surface area contributed by atoms with Crippen LogP contribution in [-0.4, -0.2) is 36.1 Å². The second-order valence-corrected chi connectivity index (χ2v) is 9.05. The van der Waals surface area contributed by atoms with E-state index >= 15 is 0 Å². The van der Waals surface area contributed by atoms with Crippen LogP contribution in [0.1, 0.15) is 19.3 Å². The van der Waals surface area contributed by atoms with Gasteiger partial charge in [-0.15, -0.1) is 0 Å². The summed E-state index contributed by atoms with van der Waals surface area (Å²) in [5.41, 5.74) is -0.522. The molecule has 0 spiro atoms. The van der Waals surface area contributed by atoms with Crippen LogP contribution in [0.5, 0.6) is 11.5 Å². The highest BCUT2D eigenvalue weighted by Crippen LogP contribution is 2.60. The number of benzene rings is 2. The molecule has 2 bridgehead atoms. The molecule has 0 atom stereocenters. The zero-order valence-electron chi connectivity index (χ0n) is 15.8. The van der Waals surface area contributed by atoms with Crippen LogP contribution in [0.3, 0.4) is 0 Å². The molecule has 3 aliphatic carbocycles. The molecule has 0 aromatic heterocycles. The van der Waals surface area contributed by atoms with Gasteiger partial charge in [0.15, 0.2) is 13.2 Å². The second kappa shape index (κ2) is 8.17. The number of hydrogen-bond acceptors (Lipinski definition) is 4. The SMILES string of the molecule is O=C(COc1cccc(Cl)c1)NC12CC(NC(=O)COc3ccc(Cl)c(Cl)c3)(C1)C2. The average molecular weight is 470 g/mol. The molecule has 2 aromatic rings. The predicted molar refractivity (Wildman–Crippen MR) is 115 cm³/mol. The van der Waals surface area contributed by atoms with Gasteiger partial charge in [-0.25, -0.2) is 0 Å². The Morgan fingerprint density at radius 2 is 1.37 bits per heavy atom. The van der Waals surface area contributed by atoms with Crippen molar-refractivity contribution in [1.29, 1.82) is 0 Å². The lowest BCUT2D eigenvalue weighted by Gasteiger charge is -2.70. The summed E-state index contributed by atoms with van der Waals surface area (Å²) >= 11 is 17.7. The van der Waals surface area contributed by atoms with Crippen molar-refractivity contribution in [1.82, 2.24) is 10.6 Å². The van der Waals surface area contributed by atoms with Crippen molar-refractivity contribution >= 4 is 46.6 Å². The maximum Gasteiger partial charge on any atom is 0.258 e. The van der Waals surface area contributed by atoms with E-state index in [0.717, 1.165) is 0 Å². The third-order valence-electron chi connectivity index (χ3n) is 5.27. The first kappa shape index (κ1) is 21.1. The van der Waals surface area contributed by atoms with Crippen molar-refractivity contribution in [3.05, 3.63) is 57.5 Å². The van der Waals surface area contributed by atoms with E-state index in [0.29, 0.717) is 45.8 Å². The number of ether oxygens (including phenoxy) is 2. The summed E-state index contributed by atoms with van der Waals surface area (Å²) in [4.78, 5) is 24.4. The summed E-state index contributed by atoms with van der Waals surface area (Å²) in [7, 11) is 0. The van der Waals surface area contributed by atoms with Crippen LogP contribution < -0.4 is 20.1 Å². The molecular formula is C21H19Cl3N2O4. The van der Waals surface area contributed by atoms with Crippen molar-refractivity contribution in [2.75, 3.05) is 13.2 Å². The maximum absolute atomic E-state index is 12.2. The van der Waals surface area contributed by atoms with Crippen LogP contribution in [0.15, 0.2) is 42.5 Å². The summed E-state index contributed by atoms with van der Waals surface area (Å²) in [5.74, 6) is 0.601. The Bertz CT molecular complexity index is 978. The van der Waals surface area contributed by atoms with Gasteiger partial charge in [-0.1, -0.05) is 40.9 Å². The monoisotopic (exact) mass is 468 g/mol. The highest BCUT2D eigenvalue weighted by atomic mass is 35.5. The molecule has 6 nitrogen and oxygen atoms in total. The molecule has 2 amide bonds. The van der Waals surface area contributed by atoms with Gasteiger partial charge in [-0.2, -0.15) is 0 Å². The van der Waals surface area contributed by atoms with Crippen LogP contribution >= 0.6 is 34.8 Å². The van der Waals surface area contributed by atoms with E-state index in [1.807, 2.05) is 0 Å². The molecule has 0 saturated heterocycles. The Labute approximate surface area is 188 Å². The summed E-state index contributed by atoms with van der Waals surface area (Å²) in [6.45, 7) is -0.203. The third-order valence-corrected chi connectivity index (χ3v) is 6.24. The summed E-state index contributed by atoms with van der Waals surface area (Å²) < 4.78 is 10.9. The van der Waals surface area contributed by atoms with Gasteiger partial charge in [0.05, 0.1) is 10.0 Å². The van der Waals surface area contributed by atoms with Crippen LogP contribution in [0.4, 0.5) is 0 Å². The van der Waals surface area contributed by atoms with Gasteiger partial charge in [-0.3, -0.25) is 9.59 Å². The number of carbonyl (C=O) groups is 2. The van der Waals surface area contributed by atoms with Crippen molar-refractivity contribution in [2.24, 2.45) is 0 Å². The predicted octanol–water partition coefficient (Wildman–Crippen LogP) is 4.01. The number of hydrogen-bond donors (Lipinski definition) is 2. The Kier molecular flexibility index (Phi) is 5.75. The lowest BCUT2D eigenvalue weighted by atomic mass is 9.44. The molecule has 5 rings (SSSR count). The van der Waals surface area contributed by atoms with E-state index < -0.39 is 0 Å². The highest BCUT2D eigenvalue weighted by molar-refractivity contribution is 6.42. The molecule has 2 N–H and O–H groups in total. The molecule has 158 valence electrons. The molecular weight excluding hydrogens is 451 g/mol. The second-order valence-electron chi connectivity index (χ2n) is 7.80. The number of halogens is 3. The molecule has 0 heterocycles. The fourth-order valence-electron chi connectivity index (χ4n) is 4.14. The Morgan fingerprint density at radius 1 is 0.800 bits per heavy atom. The van der Waals surface area contributed by atoms with E-state index in [9.17, 15) is 9.59 Å². The number of rotatable bonds is 8. The smallest absolute Gasteiger partial charge is 0.258 e. The van der Waals surface area contributed by atoms with E-state index in [1.54, 1.807) is 42.5 Å². The lowest BCUT2D eigenvalue weighted by Crippen LogP contribution is -2.84. The van der Waals surface area contributed by atoms with Gasteiger partial charge < -0.3 is 20.1 Å². The van der Waals surface area contributed by atoms with Crippen LogP contribution in [0.2, 0.25) is 15.1 Å². The van der Waals surface area contributed by atoms with Gasteiger partial charge >= 0.3 is 0 Å². The van der Waals surface area contributed by atoms with Crippen LogP contribution in [0.25, 0.3) is 0 Å². The van der Waals surface area contributed by atoms with Gasteiger partial charge in [0.1, 0.15) is 11.5 Å². The fourth-order valence-corrected chi connectivity index (χ4v) is 4.61. The van der Waals surface area contributed by atoms with Crippen LogP contribution in [-0.2, 0) is 9.59 Å². The first-order valence-corrected chi connectivity index (χ1v) is 10.5. The zero-order valence-corrected chi connectivity index (χ0v) is 18.1. The largest absolute Gasteiger partial charge is 0.484 e. The van der Waals surface area contributed by atoms with E-state index in [2.05, 4.69) is 10.6 Å². The van der Waals surface area contributed by atoms with Crippen molar-refractivity contribution in [3.8, 4) is 11.5 Å². The van der Waals surface area contributed by atoms with E-state index in [1.165, 1.54) is 0 Å². The molecule has 0 radical (unpaired) electrons. The van der Waals surface area contributed by atoms with Gasteiger partial charge in [0.25, 0.3) is 11.8 Å². The molecule has 3 saturated carbocycles. The number of amides is 2. The minimum atomic E-state index is -0.265. The summed E-state index contributed by atoms with van der Waals surface area (Å²) in [6, 6.07) is 11.7. The van der Waals surface area contributed by atoms with Crippen molar-refractivity contribution < 1.29 is 19.1 Å². The standard InChI is InChI=1S/C21H19Cl3N2O4/c22-13-2-1-3-14(6-13)29-8-18(27)25-20-10-21(11-20,12-20)26-19(28)9-30-15-4-5-16(23)17(24)7-15/h1-7H,8-12H2,(H,25,27)(H,26,28). The molecule has 30 heavy (non-hydrogen) atoms. The molecule has 3 fully saturated rings. The molecule has 0 aliphatic heterocycles. The lowest BCUT2D eigenvalue weighted by molar-refractivity contribution is -0.151. The molecule has 0 unspecified atom stereocenters. The van der Waals surface area contributed by atoms with Crippen molar-refractivity contribution in [2.45, 2.75) is 30.3 Å². The minimum Gasteiger partial charge on any atom is -0.484 e. The van der Waals surface area contributed by atoms with E-state index in [-0.39, 0.29) is 36.1 Å². The van der Waals surface area contributed by atoms with Crippen molar-refractivity contribution in [3.63, 3.8) is 0 Å². The number of carbonyl (C=O) groups excluding carboxylic acids is 2. The summed E-state index contributed by atoms with van der Waals surface area (Å²) in [6.07, 6.45) is 2.09. The zero-order chi connectivity index (χ0) is 21.4. The average Bonchev–Trinajstić information content (AvgIpc) is 2.65. The molecule has 2 aromatic carbocycles. The Hall–Kier alpha value is -2.15. The molecule has 3 aliphatic rings. The highest BCUT2D eigenvalue weighted by Gasteiger charge is 2.69. The van der Waals surface area contributed by atoms with Gasteiger partial charge in [0, 0.05) is 22.2 Å². The fraction of sp³-hybridized carbons (Fsp3) is 0.333.